The van der Waals surface area contributed by atoms with Crippen LogP contribution in [0.4, 0.5) is 5.69 Å². The van der Waals surface area contributed by atoms with Crippen LogP contribution in [-0.4, -0.2) is 35.7 Å². The number of aryl methyl sites for hydroxylation is 2. The average molecular weight is 369 g/mol. The Bertz CT molecular complexity index is 686. The van der Waals surface area contributed by atoms with Gasteiger partial charge >= 0.3 is 0 Å². The summed E-state index contributed by atoms with van der Waals surface area (Å²) in [6.45, 7) is 3.37. The van der Waals surface area contributed by atoms with Crippen LogP contribution in [0.15, 0.2) is 24.4 Å². The normalized spacial score (nSPS) is 10.3. The van der Waals surface area contributed by atoms with Crippen molar-refractivity contribution < 1.29 is 9.47 Å². The standard InChI is InChI=1S/C16H21ClN4O2S/c1-11-13(17)10-21(20-11)8-4-7-18-16(24)19-14-9-12(22-2)5-6-15(14)23-3/h5-6,9-10H,4,7-8H2,1-3H3,(H2,18,19,24). The van der Waals surface area contributed by atoms with Crippen LogP contribution in [0.2, 0.25) is 5.02 Å². The molecule has 1 heterocycles. The van der Waals surface area contributed by atoms with E-state index in [1.807, 2.05) is 36.0 Å². The van der Waals surface area contributed by atoms with Gasteiger partial charge in [-0.05, 0) is 37.7 Å². The van der Waals surface area contributed by atoms with Crippen LogP contribution in [-0.2, 0) is 6.54 Å². The maximum Gasteiger partial charge on any atom is 0.170 e. The van der Waals surface area contributed by atoms with E-state index in [9.17, 15) is 0 Å². The molecule has 0 fully saturated rings. The van der Waals surface area contributed by atoms with Gasteiger partial charge in [-0.25, -0.2) is 0 Å². The molecule has 0 bridgehead atoms. The SMILES string of the molecule is COc1ccc(OC)c(NC(=S)NCCCn2cc(Cl)c(C)n2)c1. The number of methoxy groups -OCH3 is 2. The molecule has 130 valence electrons. The van der Waals surface area contributed by atoms with E-state index in [2.05, 4.69) is 15.7 Å². The minimum Gasteiger partial charge on any atom is -0.497 e. The van der Waals surface area contributed by atoms with Gasteiger partial charge in [-0.15, -0.1) is 0 Å². The fourth-order valence-corrected chi connectivity index (χ4v) is 2.49. The molecule has 0 aliphatic carbocycles. The maximum atomic E-state index is 5.98. The van der Waals surface area contributed by atoms with Crippen molar-refractivity contribution in [3.8, 4) is 11.5 Å². The second-order valence-corrected chi connectivity index (χ2v) is 5.94. The van der Waals surface area contributed by atoms with Gasteiger partial charge in [0.2, 0.25) is 0 Å². The van der Waals surface area contributed by atoms with E-state index in [-0.39, 0.29) is 0 Å². The molecule has 1 aromatic carbocycles. The second kappa shape index (κ2) is 8.75. The number of ether oxygens (including phenoxy) is 2. The third-order valence-electron chi connectivity index (χ3n) is 3.39. The summed E-state index contributed by atoms with van der Waals surface area (Å²) in [5.41, 5.74) is 1.59. The molecule has 6 nitrogen and oxygen atoms in total. The molecule has 0 radical (unpaired) electrons. The highest BCUT2D eigenvalue weighted by Crippen LogP contribution is 2.28. The van der Waals surface area contributed by atoms with Crippen LogP contribution >= 0.6 is 23.8 Å². The molecule has 0 aliphatic rings. The van der Waals surface area contributed by atoms with Gasteiger partial charge in [-0.2, -0.15) is 5.10 Å². The number of hydrogen-bond acceptors (Lipinski definition) is 4. The molecule has 1 aromatic heterocycles. The molecule has 0 amide bonds. The minimum atomic E-state index is 0.524. The zero-order valence-electron chi connectivity index (χ0n) is 13.9. The van der Waals surface area contributed by atoms with Crippen molar-refractivity contribution in [2.45, 2.75) is 19.9 Å². The summed E-state index contributed by atoms with van der Waals surface area (Å²) in [5.74, 6) is 1.42. The highest BCUT2D eigenvalue weighted by Gasteiger charge is 2.07. The van der Waals surface area contributed by atoms with Gasteiger partial charge in [0, 0.05) is 25.4 Å². The third kappa shape index (κ3) is 5.01. The Morgan fingerprint density at radius 3 is 2.75 bits per heavy atom. The summed E-state index contributed by atoms with van der Waals surface area (Å²) in [5, 5.41) is 11.8. The van der Waals surface area contributed by atoms with Crippen molar-refractivity contribution >= 4 is 34.6 Å². The first-order valence-electron chi connectivity index (χ1n) is 7.50. The van der Waals surface area contributed by atoms with Gasteiger partial charge in [-0.3, -0.25) is 4.68 Å². The number of halogens is 1. The van der Waals surface area contributed by atoms with Crippen molar-refractivity contribution in [3.05, 3.63) is 35.1 Å². The number of nitrogens with zero attached hydrogens (tertiary/aromatic N) is 2. The number of nitrogens with one attached hydrogen (secondary N) is 2. The largest absolute Gasteiger partial charge is 0.497 e. The molecule has 0 unspecified atom stereocenters. The summed E-state index contributed by atoms with van der Waals surface area (Å²) in [6.07, 6.45) is 2.70. The number of aromatic nitrogens is 2. The topological polar surface area (TPSA) is 60.3 Å². The van der Waals surface area contributed by atoms with E-state index in [1.54, 1.807) is 14.2 Å². The summed E-state index contributed by atoms with van der Waals surface area (Å²) >= 11 is 11.3. The predicted molar refractivity (Wildman–Crippen MR) is 100 cm³/mol. The van der Waals surface area contributed by atoms with Crippen LogP contribution < -0.4 is 20.1 Å². The highest BCUT2D eigenvalue weighted by atomic mass is 35.5. The van der Waals surface area contributed by atoms with Gasteiger partial charge in [0.25, 0.3) is 0 Å². The van der Waals surface area contributed by atoms with Crippen LogP contribution in [0.1, 0.15) is 12.1 Å². The Morgan fingerprint density at radius 2 is 2.12 bits per heavy atom. The summed E-state index contributed by atoms with van der Waals surface area (Å²) in [6, 6.07) is 5.49. The summed E-state index contributed by atoms with van der Waals surface area (Å²) in [7, 11) is 3.23. The second-order valence-electron chi connectivity index (χ2n) is 5.13. The Balaban J connectivity index is 1.81. The van der Waals surface area contributed by atoms with Crippen LogP contribution in [0, 0.1) is 6.92 Å². The zero-order valence-corrected chi connectivity index (χ0v) is 15.5. The molecule has 0 spiro atoms. The first-order valence-corrected chi connectivity index (χ1v) is 8.28. The van der Waals surface area contributed by atoms with Crippen molar-refractivity contribution in [2.24, 2.45) is 0 Å². The van der Waals surface area contributed by atoms with Gasteiger partial charge in [0.15, 0.2) is 5.11 Å². The Hall–Kier alpha value is -1.99. The molecule has 0 saturated carbocycles. The number of hydrogen-bond donors (Lipinski definition) is 2. The molecular formula is C16H21ClN4O2S. The van der Waals surface area contributed by atoms with E-state index in [0.29, 0.717) is 22.4 Å². The molecule has 2 rings (SSSR count). The quantitative estimate of drug-likeness (QED) is 0.578. The first kappa shape index (κ1) is 18.4. The van der Waals surface area contributed by atoms with E-state index in [0.717, 1.165) is 30.1 Å². The van der Waals surface area contributed by atoms with Crippen LogP contribution in [0.5, 0.6) is 11.5 Å². The fourth-order valence-electron chi connectivity index (χ4n) is 2.13. The van der Waals surface area contributed by atoms with E-state index in [4.69, 9.17) is 33.3 Å². The molecule has 2 aromatic rings. The lowest BCUT2D eigenvalue weighted by molar-refractivity contribution is 0.405. The Morgan fingerprint density at radius 1 is 1.33 bits per heavy atom. The van der Waals surface area contributed by atoms with E-state index in [1.165, 1.54) is 0 Å². The molecule has 24 heavy (non-hydrogen) atoms. The molecule has 2 N–H and O–H groups in total. The Labute approximate surface area is 152 Å². The zero-order chi connectivity index (χ0) is 17.5. The van der Waals surface area contributed by atoms with Crippen molar-refractivity contribution in [1.29, 1.82) is 0 Å². The van der Waals surface area contributed by atoms with Crippen LogP contribution in [0.25, 0.3) is 0 Å². The van der Waals surface area contributed by atoms with Gasteiger partial charge < -0.3 is 20.1 Å². The smallest absolute Gasteiger partial charge is 0.170 e. The lowest BCUT2D eigenvalue weighted by Crippen LogP contribution is -2.30. The van der Waals surface area contributed by atoms with Crippen LogP contribution in [0.3, 0.4) is 0 Å². The predicted octanol–water partition coefficient (Wildman–Crippen LogP) is 3.24. The molecule has 0 atom stereocenters. The summed E-state index contributed by atoms with van der Waals surface area (Å²) in [4.78, 5) is 0. The number of thiocarbonyl (C=S) groups is 1. The minimum absolute atomic E-state index is 0.524. The van der Waals surface area contributed by atoms with Gasteiger partial charge in [0.1, 0.15) is 11.5 Å². The lowest BCUT2D eigenvalue weighted by Gasteiger charge is -2.14. The number of rotatable bonds is 7. The number of anilines is 1. The first-order chi connectivity index (χ1) is 11.5. The number of benzene rings is 1. The monoisotopic (exact) mass is 368 g/mol. The maximum absolute atomic E-state index is 5.98. The fraction of sp³-hybridized carbons (Fsp3) is 0.375. The van der Waals surface area contributed by atoms with Crippen molar-refractivity contribution in [2.75, 3.05) is 26.1 Å². The Kier molecular flexibility index (Phi) is 6.69. The molecule has 0 saturated heterocycles. The van der Waals surface area contributed by atoms with E-state index >= 15 is 0 Å². The van der Waals surface area contributed by atoms with Gasteiger partial charge in [-0.1, -0.05) is 11.6 Å². The third-order valence-corrected chi connectivity index (χ3v) is 4.01. The van der Waals surface area contributed by atoms with Crippen molar-refractivity contribution in [3.63, 3.8) is 0 Å². The van der Waals surface area contributed by atoms with Crippen molar-refractivity contribution in [1.82, 2.24) is 15.1 Å². The van der Waals surface area contributed by atoms with E-state index < -0.39 is 0 Å². The molecule has 0 aliphatic heterocycles. The average Bonchev–Trinajstić information content (AvgIpc) is 2.89. The highest BCUT2D eigenvalue weighted by molar-refractivity contribution is 7.80. The van der Waals surface area contributed by atoms with Gasteiger partial charge in [0.05, 0.1) is 30.6 Å². The lowest BCUT2D eigenvalue weighted by atomic mass is 10.2. The molecule has 8 heteroatoms. The molecular weight excluding hydrogens is 348 g/mol. The summed E-state index contributed by atoms with van der Waals surface area (Å²) < 4.78 is 12.4.